The Bertz CT molecular complexity index is 810. The minimum Gasteiger partial charge on any atom is -0.481 e. The van der Waals surface area contributed by atoms with Crippen LogP contribution in [0.5, 0.6) is 0 Å². The zero-order chi connectivity index (χ0) is 15.7. The smallest absolute Gasteiger partial charge is 0.308 e. The summed E-state index contributed by atoms with van der Waals surface area (Å²) in [4.78, 5) is 11.3. The topological polar surface area (TPSA) is 74.7 Å². The van der Waals surface area contributed by atoms with Gasteiger partial charge in [-0.3, -0.25) is 4.79 Å². The van der Waals surface area contributed by atoms with Crippen molar-refractivity contribution in [3.8, 4) is 0 Å². The number of carboxylic acid groups (broad SMARTS) is 1. The fraction of sp³-hybridized carbons (Fsp3) is 0.267. The maximum Gasteiger partial charge on any atom is 0.308 e. The highest BCUT2D eigenvalue weighted by Gasteiger charge is 2.29. The second kappa shape index (κ2) is 5.83. The molecule has 0 unspecified atom stereocenters. The number of carboxylic acids is 1. The Morgan fingerprint density at radius 2 is 1.91 bits per heavy atom. The van der Waals surface area contributed by atoms with Crippen molar-refractivity contribution >= 4 is 27.3 Å². The van der Waals surface area contributed by atoms with E-state index in [0.29, 0.717) is 24.4 Å². The molecule has 0 fully saturated rings. The van der Waals surface area contributed by atoms with E-state index in [0.717, 1.165) is 16.9 Å². The number of thiophene rings is 1. The van der Waals surface area contributed by atoms with E-state index in [4.69, 9.17) is 5.11 Å². The Kier molecular flexibility index (Phi) is 4.03. The summed E-state index contributed by atoms with van der Waals surface area (Å²) in [6, 6.07) is 10.9. The molecule has 3 rings (SSSR count). The van der Waals surface area contributed by atoms with Gasteiger partial charge in [0, 0.05) is 18.0 Å². The van der Waals surface area contributed by atoms with Crippen molar-refractivity contribution in [3.63, 3.8) is 0 Å². The molecule has 1 aliphatic rings. The summed E-state index contributed by atoms with van der Waals surface area (Å²) >= 11 is 1.03. The van der Waals surface area contributed by atoms with Crippen LogP contribution in [-0.2, 0) is 34.2 Å². The number of aliphatic carboxylic acids is 1. The van der Waals surface area contributed by atoms with Crippen molar-refractivity contribution in [2.24, 2.45) is 0 Å². The molecular formula is C15H15NO4S2. The molecule has 5 nitrogen and oxygen atoms in total. The second-order valence-electron chi connectivity index (χ2n) is 5.15. The summed E-state index contributed by atoms with van der Waals surface area (Å²) < 4.78 is 27.0. The Hall–Kier alpha value is -1.70. The number of hydrogen-bond acceptors (Lipinski definition) is 4. The van der Waals surface area contributed by atoms with Crippen LogP contribution >= 0.6 is 11.3 Å². The number of benzene rings is 1. The van der Waals surface area contributed by atoms with Gasteiger partial charge in [0.15, 0.2) is 0 Å². The maximum absolute atomic E-state index is 12.7. The quantitative estimate of drug-likeness (QED) is 0.927. The lowest BCUT2D eigenvalue weighted by atomic mass is 10.0. The fourth-order valence-corrected chi connectivity index (χ4v) is 5.46. The zero-order valence-corrected chi connectivity index (χ0v) is 13.4. The normalized spacial score (nSPS) is 15.5. The van der Waals surface area contributed by atoms with Crippen LogP contribution in [0.4, 0.5) is 0 Å². The third-order valence-electron chi connectivity index (χ3n) is 3.65. The molecule has 1 aliphatic heterocycles. The van der Waals surface area contributed by atoms with Crippen molar-refractivity contribution < 1.29 is 18.3 Å². The number of nitrogens with zero attached hydrogens (tertiary/aromatic N) is 1. The third-order valence-corrected chi connectivity index (χ3v) is 7.05. The molecule has 0 amide bonds. The lowest BCUT2D eigenvalue weighted by Crippen LogP contribution is -2.35. The number of hydrogen-bond donors (Lipinski definition) is 1. The molecule has 1 aromatic carbocycles. The molecule has 2 aromatic rings. The van der Waals surface area contributed by atoms with Crippen LogP contribution in [-0.4, -0.2) is 30.3 Å². The van der Waals surface area contributed by atoms with Crippen LogP contribution < -0.4 is 0 Å². The van der Waals surface area contributed by atoms with Crippen LogP contribution in [0, 0.1) is 0 Å². The Balaban J connectivity index is 1.85. The lowest BCUT2D eigenvalue weighted by molar-refractivity contribution is -0.136. The van der Waals surface area contributed by atoms with Crippen LogP contribution in [0.1, 0.15) is 16.0 Å². The summed E-state index contributed by atoms with van der Waals surface area (Å²) in [5.41, 5.74) is 2.21. The summed E-state index contributed by atoms with van der Waals surface area (Å²) in [5, 5.41) is 8.78. The van der Waals surface area contributed by atoms with Gasteiger partial charge in [0.2, 0.25) is 0 Å². The summed E-state index contributed by atoms with van der Waals surface area (Å²) in [6.07, 6.45) is 0.547. The van der Waals surface area contributed by atoms with Gasteiger partial charge in [0.1, 0.15) is 4.21 Å². The summed E-state index contributed by atoms with van der Waals surface area (Å²) in [6.45, 7) is 0.816. The molecule has 116 valence electrons. The first kappa shape index (κ1) is 15.2. The molecule has 0 saturated carbocycles. The highest BCUT2D eigenvalue weighted by atomic mass is 32.2. The molecule has 1 N–H and O–H groups in total. The first-order valence-electron chi connectivity index (χ1n) is 6.84. The van der Waals surface area contributed by atoms with E-state index in [1.807, 2.05) is 24.3 Å². The van der Waals surface area contributed by atoms with Gasteiger partial charge in [-0.25, -0.2) is 8.42 Å². The third kappa shape index (κ3) is 2.92. The molecule has 7 heteroatoms. The Labute approximate surface area is 132 Å². The van der Waals surface area contributed by atoms with Gasteiger partial charge in [0.05, 0.1) is 6.42 Å². The first-order chi connectivity index (χ1) is 10.5. The van der Waals surface area contributed by atoms with Crippen molar-refractivity contribution in [2.45, 2.75) is 23.6 Å². The van der Waals surface area contributed by atoms with Gasteiger partial charge >= 0.3 is 5.97 Å². The van der Waals surface area contributed by atoms with Gasteiger partial charge < -0.3 is 5.11 Å². The van der Waals surface area contributed by atoms with Crippen molar-refractivity contribution in [2.75, 3.05) is 6.54 Å². The van der Waals surface area contributed by atoms with Gasteiger partial charge in [0.25, 0.3) is 10.0 Å². The van der Waals surface area contributed by atoms with Crippen molar-refractivity contribution in [3.05, 3.63) is 52.4 Å². The van der Waals surface area contributed by atoms with Gasteiger partial charge in [-0.2, -0.15) is 4.31 Å². The fourth-order valence-electron chi connectivity index (χ4n) is 2.54. The molecule has 0 atom stereocenters. The molecule has 0 bridgehead atoms. The van der Waals surface area contributed by atoms with Gasteiger partial charge in [-0.15, -0.1) is 11.3 Å². The highest BCUT2D eigenvalue weighted by molar-refractivity contribution is 7.91. The van der Waals surface area contributed by atoms with E-state index in [1.165, 1.54) is 15.9 Å². The molecule has 0 radical (unpaired) electrons. The molecule has 0 aliphatic carbocycles. The SMILES string of the molecule is O=C(O)Cc1ccc(S(=O)(=O)N2CCc3ccccc3C2)s1. The molecular weight excluding hydrogens is 322 g/mol. The van der Waals surface area contributed by atoms with E-state index < -0.39 is 16.0 Å². The van der Waals surface area contributed by atoms with Gasteiger partial charge in [-0.05, 0) is 29.7 Å². The monoisotopic (exact) mass is 337 g/mol. The van der Waals surface area contributed by atoms with E-state index in [-0.39, 0.29) is 10.6 Å². The summed E-state index contributed by atoms with van der Waals surface area (Å²) in [5.74, 6) is -0.960. The summed E-state index contributed by atoms with van der Waals surface area (Å²) in [7, 11) is -3.56. The minimum absolute atomic E-state index is 0.150. The van der Waals surface area contributed by atoms with E-state index in [1.54, 1.807) is 6.07 Å². The van der Waals surface area contributed by atoms with E-state index in [9.17, 15) is 13.2 Å². The van der Waals surface area contributed by atoms with Crippen LogP contribution in [0.3, 0.4) is 0 Å². The zero-order valence-electron chi connectivity index (χ0n) is 11.7. The number of sulfonamides is 1. The average Bonchev–Trinajstić information content (AvgIpc) is 2.95. The van der Waals surface area contributed by atoms with Crippen LogP contribution in [0.2, 0.25) is 0 Å². The highest BCUT2D eigenvalue weighted by Crippen LogP contribution is 2.29. The number of fused-ring (bicyclic) bond motifs is 1. The maximum atomic E-state index is 12.7. The largest absolute Gasteiger partial charge is 0.481 e. The van der Waals surface area contributed by atoms with Crippen molar-refractivity contribution in [1.29, 1.82) is 0 Å². The molecule has 22 heavy (non-hydrogen) atoms. The second-order valence-corrected chi connectivity index (χ2v) is 8.48. The molecule has 0 saturated heterocycles. The van der Waals surface area contributed by atoms with E-state index in [2.05, 4.69) is 0 Å². The predicted octanol–water partition coefficient (Wildman–Crippen LogP) is 2.12. The number of carbonyl (C=O) groups is 1. The standard InChI is InChI=1S/C15H15NO4S2/c17-14(18)9-13-5-6-15(21-13)22(19,20)16-8-7-11-3-1-2-4-12(11)10-16/h1-6H,7-10H2,(H,17,18). The van der Waals surface area contributed by atoms with Crippen molar-refractivity contribution in [1.82, 2.24) is 4.31 Å². The minimum atomic E-state index is -3.56. The van der Waals surface area contributed by atoms with E-state index >= 15 is 0 Å². The van der Waals surface area contributed by atoms with Gasteiger partial charge in [-0.1, -0.05) is 24.3 Å². The first-order valence-corrected chi connectivity index (χ1v) is 9.10. The average molecular weight is 337 g/mol. The van der Waals surface area contributed by atoms with Crippen LogP contribution in [0.25, 0.3) is 0 Å². The van der Waals surface area contributed by atoms with Crippen LogP contribution in [0.15, 0.2) is 40.6 Å². The Morgan fingerprint density at radius 3 is 2.64 bits per heavy atom. The molecule has 0 spiro atoms. The molecule has 1 aromatic heterocycles. The Morgan fingerprint density at radius 1 is 1.18 bits per heavy atom. The lowest BCUT2D eigenvalue weighted by Gasteiger charge is -2.27. The molecule has 2 heterocycles. The predicted molar refractivity (Wildman–Crippen MR) is 83.4 cm³/mol. The number of rotatable bonds is 4.